The number of morpholine rings is 1. The van der Waals surface area contributed by atoms with Crippen molar-refractivity contribution in [3.63, 3.8) is 0 Å². The van der Waals surface area contributed by atoms with E-state index in [0.717, 1.165) is 49.7 Å². The molecule has 1 aromatic rings. The molecule has 3 fully saturated rings. The lowest BCUT2D eigenvalue weighted by molar-refractivity contribution is -0.137. The molecule has 33 heavy (non-hydrogen) atoms. The molecule has 0 bridgehead atoms. The molecule has 8 heteroatoms. The average molecular weight is 457 g/mol. The normalized spacial score (nSPS) is 27.6. The van der Waals surface area contributed by atoms with Crippen molar-refractivity contribution < 1.29 is 19.1 Å². The summed E-state index contributed by atoms with van der Waals surface area (Å²) in [6.45, 7) is 10.7. The molecular weight excluding hydrogens is 420 g/mol. The van der Waals surface area contributed by atoms with Crippen LogP contribution in [0.25, 0.3) is 0 Å². The number of urea groups is 1. The Kier molecular flexibility index (Phi) is 6.77. The number of benzene rings is 1. The van der Waals surface area contributed by atoms with Gasteiger partial charge in [0.05, 0.1) is 13.2 Å². The topological polar surface area (TPSA) is 91.0 Å². The molecular formula is C25H36N4O4. The molecule has 1 saturated carbocycles. The highest BCUT2D eigenvalue weighted by Gasteiger charge is 2.56. The van der Waals surface area contributed by atoms with Crippen molar-refractivity contribution in [2.45, 2.75) is 58.7 Å². The number of carbonyl (C=O) groups is 3. The molecule has 1 aliphatic carbocycles. The second-order valence-corrected chi connectivity index (χ2v) is 10.7. The smallest absolute Gasteiger partial charge is 0.325 e. The monoisotopic (exact) mass is 456 g/mol. The zero-order valence-corrected chi connectivity index (χ0v) is 20.0. The summed E-state index contributed by atoms with van der Waals surface area (Å²) in [4.78, 5) is 41.9. The number of carbonyl (C=O) groups excluding carboxylic acids is 3. The fraction of sp³-hybridized carbons (Fsp3) is 0.640. The Morgan fingerprint density at radius 1 is 1.18 bits per heavy atom. The van der Waals surface area contributed by atoms with Gasteiger partial charge in [0.15, 0.2) is 0 Å². The predicted octanol–water partition coefficient (Wildman–Crippen LogP) is 2.27. The van der Waals surface area contributed by atoms with Crippen LogP contribution in [0, 0.1) is 11.3 Å². The number of hydrogen-bond acceptors (Lipinski definition) is 5. The Morgan fingerprint density at radius 3 is 2.64 bits per heavy atom. The molecule has 3 aliphatic rings. The van der Waals surface area contributed by atoms with Crippen LogP contribution in [0.15, 0.2) is 24.3 Å². The maximum absolute atomic E-state index is 13.2. The molecule has 2 N–H and O–H groups in total. The van der Waals surface area contributed by atoms with Gasteiger partial charge in [-0.15, -0.1) is 0 Å². The van der Waals surface area contributed by atoms with Crippen molar-refractivity contribution in [2.75, 3.05) is 32.8 Å². The minimum absolute atomic E-state index is 0.0366. The molecule has 2 aliphatic heterocycles. The van der Waals surface area contributed by atoms with Crippen LogP contribution in [0.3, 0.4) is 0 Å². The molecule has 2 saturated heterocycles. The number of nitrogens with one attached hydrogen (secondary N) is 2. The minimum atomic E-state index is -0.883. The van der Waals surface area contributed by atoms with Gasteiger partial charge in [-0.1, -0.05) is 45.0 Å². The number of nitrogens with zero attached hydrogens (tertiary/aromatic N) is 2. The van der Waals surface area contributed by atoms with E-state index in [9.17, 15) is 14.4 Å². The maximum atomic E-state index is 13.2. The second-order valence-electron chi connectivity index (χ2n) is 10.7. The van der Waals surface area contributed by atoms with Crippen LogP contribution in [0.2, 0.25) is 0 Å². The molecule has 0 aromatic heterocycles. The number of amides is 4. The van der Waals surface area contributed by atoms with E-state index in [1.54, 1.807) is 0 Å². The Hall–Kier alpha value is -2.45. The summed E-state index contributed by atoms with van der Waals surface area (Å²) in [5.74, 6) is -0.274. The van der Waals surface area contributed by atoms with Crippen LogP contribution in [0.4, 0.5) is 4.79 Å². The number of ether oxygens (including phenoxy) is 1. The van der Waals surface area contributed by atoms with Gasteiger partial charge in [-0.05, 0) is 41.7 Å². The standard InChI is InChI=1S/C25H36N4O4/c1-18-12-24(2,3)17-25(13-18)22(31)29(23(32)27-25)16-21(30)26-14-19-5-4-6-20(11-19)15-28-7-9-33-10-8-28/h4-6,11,18H,7-10,12-17H2,1-3H3,(H,26,30)(H,27,32). The van der Waals surface area contributed by atoms with Crippen LogP contribution in [0.5, 0.6) is 0 Å². The molecule has 2 atom stereocenters. The summed E-state index contributed by atoms with van der Waals surface area (Å²) in [5.41, 5.74) is 1.26. The van der Waals surface area contributed by atoms with Crippen molar-refractivity contribution in [3.8, 4) is 0 Å². The molecule has 4 amide bonds. The average Bonchev–Trinajstić information content (AvgIpc) is 2.95. The van der Waals surface area contributed by atoms with E-state index in [2.05, 4.69) is 48.4 Å². The van der Waals surface area contributed by atoms with Crippen molar-refractivity contribution in [3.05, 3.63) is 35.4 Å². The van der Waals surface area contributed by atoms with Gasteiger partial charge >= 0.3 is 6.03 Å². The molecule has 2 unspecified atom stereocenters. The highest BCUT2D eigenvalue weighted by Crippen LogP contribution is 2.46. The highest BCUT2D eigenvalue weighted by atomic mass is 16.5. The van der Waals surface area contributed by atoms with Crippen molar-refractivity contribution >= 4 is 17.8 Å². The lowest BCUT2D eigenvalue weighted by Gasteiger charge is -2.43. The van der Waals surface area contributed by atoms with Gasteiger partial charge in [0, 0.05) is 26.2 Å². The summed E-state index contributed by atoms with van der Waals surface area (Å²) < 4.78 is 5.40. The first-order valence-electron chi connectivity index (χ1n) is 11.9. The summed E-state index contributed by atoms with van der Waals surface area (Å²) >= 11 is 0. The van der Waals surface area contributed by atoms with E-state index in [1.165, 1.54) is 5.56 Å². The molecule has 2 heterocycles. The quantitative estimate of drug-likeness (QED) is 0.641. The maximum Gasteiger partial charge on any atom is 0.325 e. The second kappa shape index (κ2) is 9.43. The Labute approximate surface area is 196 Å². The Morgan fingerprint density at radius 2 is 1.91 bits per heavy atom. The summed E-state index contributed by atoms with van der Waals surface area (Å²) in [5, 5.41) is 5.79. The molecule has 1 spiro atoms. The first-order chi connectivity index (χ1) is 15.7. The highest BCUT2D eigenvalue weighted by molar-refractivity contribution is 6.09. The lowest BCUT2D eigenvalue weighted by atomic mass is 9.64. The van der Waals surface area contributed by atoms with Gasteiger partial charge in [0.25, 0.3) is 5.91 Å². The zero-order valence-electron chi connectivity index (χ0n) is 20.0. The molecule has 180 valence electrons. The van der Waals surface area contributed by atoms with Crippen LogP contribution in [-0.4, -0.2) is 66.0 Å². The number of hydrogen-bond donors (Lipinski definition) is 2. The zero-order chi connectivity index (χ0) is 23.6. The van der Waals surface area contributed by atoms with E-state index in [0.29, 0.717) is 25.3 Å². The molecule has 0 radical (unpaired) electrons. The van der Waals surface area contributed by atoms with Crippen molar-refractivity contribution in [1.82, 2.24) is 20.4 Å². The lowest BCUT2D eigenvalue weighted by Crippen LogP contribution is -2.54. The van der Waals surface area contributed by atoms with Crippen LogP contribution >= 0.6 is 0 Å². The third-order valence-electron chi connectivity index (χ3n) is 6.92. The SMILES string of the molecule is CC1CC(C)(C)CC2(C1)NC(=O)N(CC(=O)NCc1cccc(CN3CCOCC3)c1)C2=O. The van der Waals surface area contributed by atoms with Crippen LogP contribution in [-0.2, 0) is 27.4 Å². The third-order valence-corrected chi connectivity index (χ3v) is 6.92. The molecule has 4 rings (SSSR count). The van der Waals surface area contributed by atoms with Gasteiger partial charge in [-0.2, -0.15) is 0 Å². The minimum Gasteiger partial charge on any atom is -0.379 e. The van der Waals surface area contributed by atoms with E-state index < -0.39 is 11.6 Å². The van der Waals surface area contributed by atoms with Crippen molar-refractivity contribution in [1.29, 1.82) is 0 Å². The summed E-state index contributed by atoms with van der Waals surface area (Å²) in [6, 6.07) is 7.67. The van der Waals surface area contributed by atoms with E-state index in [1.807, 2.05) is 12.1 Å². The first kappa shape index (κ1) is 23.7. The van der Waals surface area contributed by atoms with Gasteiger partial charge in [0.2, 0.25) is 5.91 Å². The number of imide groups is 1. The first-order valence-corrected chi connectivity index (χ1v) is 11.9. The van der Waals surface area contributed by atoms with Gasteiger partial charge in [0.1, 0.15) is 12.1 Å². The summed E-state index contributed by atoms with van der Waals surface area (Å²) in [6.07, 6.45) is 2.24. The third kappa shape index (κ3) is 5.55. The van der Waals surface area contributed by atoms with E-state index in [-0.39, 0.29) is 23.8 Å². The van der Waals surface area contributed by atoms with E-state index in [4.69, 9.17) is 4.74 Å². The largest absolute Gasteiger partial charge is 0.379 e. The van der Waals surface area contributed by atoms with Crippen molar-refractivity contribution in [2.24, 2.45) is 11.3 Å². The predicted molar refractivity (Wildman–Crippen MR) is 124 cm³/mol. The fourth-order valence-corrected chi connectivity index (χ4v) is 5.91. The number of rotatable bonds is 6. The van der Waals surface area contributed by atoms with Gasteiger partial charge < -0.3 is 15.4 Å². The van der Waals surface area contributed by atoms with Gasteiger partial charge in [-0.25, -0.2) is 4.79 Å². The molecule has 8 nitrogen and oxygen atoms in total. The Bertz CT molecular complexity index is 911. The fourth-order valence-electron chi connectivity index (χ4n) is 5.91. The van der Waals surface area contributed by atoms with Crippen LogP contribution < -0.4 is 10.6 Å². The van der Waals surface area contributed by atoms with Gasteiger partial charge in [-0.3, -0.25) is 19.4 Å². The Balaban J connectivity index is 1.32. The molecule has 1 aromatic carbocycles. The van der Waals surface area contributed by atoms with Crippen LogP contribution in [0.1, 0.15) is 51.2 Å². The summed E-state index contributed by atoms with van der Waals surface area (Å²) in [7, 11) is 0. The van der Waals surface area contributed by atoms with E-state index >= 15 is 0 Å².